The van der Waals surface area contributed by atoms with Crippen LogP contribution in [-0.4, -0.2) is 43.6 Å². The van der Waals surface area contributed by atoms with Crippen LogP contribution < -0.4 is 5.32 Å². The van der Waals surface area contributed by atoms with Gasteiger partial charge in [0.2, 0.25) is 5.91 Å². The highest BCUT2D eigenvalue weighted by molar-refractivity contribution is 7.10. The number of aromatic nitrogens is 4. The van der Waals surface area contributed by atoms with Crippen molar-refractivity contribution in [1.29, 1.82) is 0 Å². The summed E-state index contributed by atoms with van der Waals surface area (Å²) in [5, 5.41) is 9.66. The van der Waals surface area contributed by atoms with Crippen LogP contribution in [0.15, 0.2) is 23.6 Å². The fraction of sp³-hybridized carbons (Fsp3) is 0.429. The van der Waals surface area contributed by atoms with Gasteiger partial charge in [-0.1, -0.05) is 6.92 Å². The summed E-state index contributed by atoms with van der Waals surface area (Å²) >= 11 is 1.82. The first kappa shape index (κ1) is 19.7. The Labute approximate surface area is 174 Å². The topological polar surface area (TPSA) is 75.9 Å². The van der Waals surface area contributed by atoms with Gasteiger partial charge in [0.1, 0.15) is 5.82 Å². The van der Waals surface area contributed by atoms with E-state index in [0.717, 1.165) is 36.5 Å². The van der Waals surface area contributed by atoms with Crippen LogP contribution in [0.25, 0.3) is 5.95 Å². The van der Waals surface area contributed by atoms with E-state index >= 15 is 0 Å². The third-order valence-electron chi connectivity index (χ3n) is 5.20. The maximum absolute atomic E-state index is 12.9. The number of thiophene rings is 1. The number of nitrogens with zero attached hydrogens (tertiary/aromatic N) is 5. The van der Waals surface area contributed by atoms with Crippen molar-refractivity contribution < 1.29 is 4.79 Å². The van der Waals surface area contributed by atoms with Gasteiger partial charge in [0.05, 0.1) is 12.2 Å². The number of anilines is 1. The second-order valence-electron chi connectivity index (χ2n) is 7.53. The first-order valence-corrected chi connectivity index (χ1v) is 10.8. The number of carbonyl (C=O) groups is 1. The number of rotatable bonds is 5. The van der Waals surface area contributed by atoms with Gasteiger partial charge >= 0.3 is 0 Å². The number of aryl methyl sites for hydroxylation is 3. The Morgan fingerprint density at radius 1 is 1.21 bits per heavy atom. The lowest BCUT2D eigenvalue weighted by atomic mass is 9.98. The number of hydrogen-bond donors (Lipinski definition) is 1. The molecule has 0 aliphatic carbocycles. The standard InChI is InChI=1S/C21H26N6OS/c1-5-17-16-7-9-29-18(16)6-8-26(17)12-20(28)24-19-11-15(4)25-27(19)21-22-13(2)10-14(3)23-21/h7,9-11,17H,5-6,8,12H2,1-4H3,(H,24,28). The van der Waals surface area contributed by atoms with E-state index in [-0.39, 0.29) is 5.91 Å². The van der Waals surface area contributed by atoms with Crippen molar-refractivity contribution in [3.63, 3.8) is 0 Å². The predicted molar refractivity (Wildman–Crippen MR) is 115 cm³/mol. The fourth-order valence-corrected chi connectivity index (χ4v) is 4.95. The monoisotopic (exact) mass is 410 g/mol. The lowest BCUT2D eigenvalue weighted by Crippen LogP contribution is -2.40. The van der Waals surface area contributed by atoms with Gasteiger partial charge in [-0.3, -0.25) is 9.69 Å². The fourth-order valence-electron chi connectivity index (χ4n) is 4.03. The van der Waals surface area contributed by atoms with Gasteiger partial charge in [-0.2, -0.15) is 9.78 Å². The lowest BCUT2D eigenvalue weighted by molar-refractivity contribution is -0.118. The molecule has 29 heavy (non-hydrogen) atoms. The van der Waals surface area contributed by atoms with Crippen molar-refractivity contribution in [3.05, 3.63) is 51.1 Å². The Kier molecular flexibility index (Phi) is 5.47. The molecule has 1 aliphatic rings. The Hall–Kier alpha value is -2.58. The minimum Gasteiger partial charge on any atom is -0.309 e. The quantitative estimate of drug-likeness (QED) is 0.696. The van der Waals surface area contributed by atoms with Crippen molar-refractivity contribution >= 4 is 23.1 Å². The number of fused-ring (bicyclic) bond motifs is 1. The smallest absolute Gasteiger partial charge is 0.252 e. The number of amides is 1. The summed E-state index contributed by atoms with van der Waals surface area (Å²) in [6, 6.07) is 6.26. The summed E-state index contributed by atoms with van der Waals surface area (Å²) in [5.74, 6) is 1.02. The molecule has 7 nitrogen and oxygen atoms in total. The van der Waals surface area contributed by atoms with Crippen LogP contribution in [0.4, 0.5) is 5.82 Å². The maximum Gasteiger partial charge on any atom is 0.252 e. The van der Waals surface area contributed by atoms with Gasteiger partial charge in [0.25, 0.3) is 5.95 Å². The summed E-state index contributed by atoms with van der Waals surface area (Å²) in [4.78, 5) is 25.6. The molecule has 152 valence electrons. The molecule has 0 radical (unpaired) electrons. The molecule has 1 N–H and O–H groups in total. The maximum atomic E-state index is 12.9. The van der Waals surface area contributed by atoms with Crippen LogP contribution in [0, 0.1) is 20.8 Å². The highest BCUT2D eigenvalue weighted by Crippen LogP contribution is 2.34. The summed E-state index contributed by atoms with van der Waals surface area (Å²) in [6.07, 6.45) is 1.99. The van der Waals surface area contributed by atoms with Crippen LogP contribution in [0.2, 0.25) is 0 Å². The van der Waals surface area contributed by atoms with E-state index in [2.05, 4.69) is 43.7 Å². The van der Waals surface area contributed by atoms with E-state index in [0.29, 0.717) is 24.4 Å². The second-order valence-corrected chi connectivity index (χ2v) is 8.53. The molecule has 0 spiro atoms. The van der Waals surface area contributed by atoms with E-state index in [1.54, 1.807) is 4.68 Å². The molecule has 1 atom stereocenters. The third kappa shape index (κ3) is 4.09. The third-order valence-corrected chi connectivity index (χ3v) is 6.19. The molecule has 0 fully saturated rings. The Bertz CT molecular complexity index is 1020. The average molecular weight is 411 g/mol. The number of nitrogens with one attached hydrogen (secondary N) is 1. The minimum absolute atomic E-state index is 0.0485. The van der Waals surface area contributed by atoms with Crippen LogP contribution in [0.5, 0.6) is 0 Å². The van der Waals surface area contributed by atoms with E-state index in [1.807, 2.05) is 44.2 Å². The minimum atomic E-state index is -0.0485. The van der Waals surface area contributed by atoms with Gasteiger partial charge < -0.3 is 5.32 Å². The van der Waals surface area contributed by atoms with Crippen LogP contribution in [-0.2, 0) is 11.2 Å². The average Bonchev–Trinajstić information content (AvgIpc) is 3.27. The van der Waals surface area contributed by atoms with Crippen molar-refractivity contribution in [2.24, 2.45) is 0 Å². The first-order valence-electron chi connectivity index (χ1n) is 9.94. The Balaban J connectivity index is 1.52. The molecular formula is C21H26N6OS. The molecule has 1 amide bonds. The van der Waals surface area contributed by atoms with Gasteiger partial charge in [0, 0.05) is 34.9 Å². The van der Waals surface area contributed by atoms with Gasteiger partial charge in [-0.25, -0.2) is 9.97 Å². The molecule has 0 aromatic carbocycles. The molecule has 0 saturated heterocycles. The van der Waals surface area contributed by atoms with E-state index in [1.165, 1.54) is 10.4 Å². The highest BCUT2D eigenvalue weighted by Gasteiger charge is 2.28. The van der Waals surface area contributed by atoms with Gasteiger partial charge in [0.15, 0.2) is 0 Å². The normalized spacial score (nSPS) is 16.6. The molecular weight excluding hydrogens is 384 g/mol. The zero-order chi connectivity index (χ0) is 20.5. The van der Waals surface area contributed by atoms with Crippen LogP contribution in [0.3, 0.4) is 0 Å². The Morgan fingerprint density at radius 2 is 1.97 bits per heavy atom. The summed E-state index contributed by atoms with van der Waals surface area (Å²) < 4.78 is 1.61. The molecule has 1 aliphatic heterocycles. The molecule has 0 saturated carbocycles. The van der Waals surface area contributed by atoms with Gasteiger partial charge in [-0.05, 0) is 56.7 Å². The van der Waals surface area contributed by atoms with Crippen molar-refractivity contribution in [1.82, 2.24) is 24.6 Å². The SMILES string of the molecule is CCC1c2ccsc2CCN1CC(=O)Nc1cc(C)nn1-c1nc(C)cc(C)n1. The zero-order valence-electron chi connectivity index (χ0n) is 17.3. The van der Waals surface area contributed by atoms with Crippen molar-refractivity contribution in [2.45, 2.75) is 46.6 Å². The molecule has 0 bridgehead atoms. The predicted octanol–water partition coefficient (Wildman–Crippen LogP) is 3.60. The molecule has 3 aromatic rings. The molecule has 1 unspecified atom stereocenters. The largest absolute Gasteiger partial charge is 0.309 e. The van der Waals surface area contributed by atoms with Crippen molar-refractivity contribution in [2.75, 3.05) is 18.4 Å². The molecule has 4 heterocycles. The van der Waals surface area contributed by atoms with E-state index in [9.17, 15) is 4.79 Å². The Morgan fingerprint density at radius 3 is 2.69 bits per heavy atom. The number of carbonyl (C=O) groups excluding carboxylic acids is 1. The summed E-state index contributed by atoms with van der Waals surface area (Å²) in [7, 11) is 0. The first-order chi connectivity index (χ1) is 13.9. The lowest BCUT2D eigenvalue weighted by Gasteiger charge is -2.34. The van der Waals surface area contributed by atoms with Gasteiger partial charge in [-0.15, -0.1) is 11.3 Å². The summed E-state index contributed by atoms with van der Waals surface area (Å²) in [6.45, 7) is 9.17. The highest BCUT2D eigenvalue weighted by atomic mass is 32.1. The van der Waals surface area contributed by atoms with Crippen molar-refractivity contribution in [3.8, 4) is 5.95 Å². The molecule has 3 aromatic heterocycles. The molecule has 8 heteroatoms. The van der Waals surface area contributed by atoms with E-state index in [4.69, 9.17) is 0 Å². The number of hydrogen-bond acceptors (Lipinski definition) is 6. The zero-order valence-corrected chi connectivity index (χ0v) is 18.1. The van der Waals surface area contributed by atoms with E-state index < -0.39 is 0 Å². The van der Waals surface area contributed by atoms with Crippen LogP contribution >= 0.6 is 11.3 Å². The molecule has 4 rings (SSSR count). The second kappa shape index (κ2) is 8.04. The summed E-state index contributed by atoms with van der Waals surface area (Å²) in [5.41, 5.74) is 3.91. The van der Waals surface area contributed by atoms with Crippen LogP contribution in [0.1, 0.15) is 46.9 Å².